The van der Waals surface area contributed by atoms with E-state index >= 15 is 0 Å². The van der Waals surface area contributed by atoms with Crippen LogP contribution in [0.4, 0.5) is 0 Å². The highest BCUT2D eigenvalue weighted by Crippen LogP contribution is 2.08. The van der Waals surface area contributed by atoms with Crippen molar-refractivity contribution in [1.29, 1.82) is 0 Å². The number of pyridine rings is 1. The number of nitrogens with zero attached hydrogens (tertiary/aromatic N) is 1. The molecule has 2 rings (SSSR count). The molecule has 1 saturated heterocycles. The quantitative estimate of drug-likeness (QED) is 0.768. The van der Waals surface area contributed by atoms with Gasteiger partial charge in [0, 0.05) is 19.0 Å². The Morgan fingerprint density at radius 2 is 2.00 bits per heavy atom. The van der Waals surface area contributed by atoms with Crippen molar-refractivity contribution in [1.82, 2.24) is 10.3 Å². The standard InChI is InChI=1S/C13H20N2O/c1(2-12-3-7-14-8-4-12)11-16-13-5-9-15-10-6-13/h3-4,7-8,13,15H,1-2,5-6,9-11H2. The zero-order chi connectivity index (χ0) is 11.1. The van der Waals surface area contributed by atoms with E-state index in [-0.39, 0.29) is 0 Å². The van der Waals surface area contributed by atoms with Crippen LogP contribution in [0.1, 0.15) is 24.8 Å². The van der Waals surface area contributed by atoms with Gasteiger partial charge in [0.1, 0.15) is 0 Å². The summed E-state index contributed by atoms with van der Waals surface area (Å²) < 4.78 is 5.85. The number of ether oxygens (including phenoxy) is 1. The van der Waals surface area contributed by atoms with Gasteiger partial charge >= 0.3 is 0 Å². The number of aromatic nitrogens is 1. The molecule has 3 nitrogen and oxygen atoms in total. The van der Waals surface area contributed by atoms with Gasteiger partial charge in [0.05, 0.1) is 6.10 Å². The lowest BCUT2D eigenvalue weighted by Crippen LogP contribution is -2.32. The fraction of sp³-hybridized carbons (Fsp3) is 0.615. The minimum atomic E-state index is 0.485. The Labute approximate surface area is 97.2 Å². The lowest BCUT2D eigenvalue weighted by molar-refractivity contribution is 0.0318. The molecular weight excluding hydrogens is 200 g/mol. The predicted octanol–water partition coefficient (Wildman–Crippen LogP) is 1.78. The summed E-state index contributed by atoms with van der Waals surface area (Å²) in [6.07, 6.45) is 8.71. The van der Waals surface area contributed by atoms with E-state index in [4.69, 9.17) is 4.74 Å². The van der Waals surface area contributed by atoms with Crippen molar-refractivity contribution in [2.75, 3.05) is 19.7 Å². The molecule has 0 aliphatic carbocycles. The van der Waals surface area contributed by atoms with Crippen LogP contribution in [0.5, 0.6) is 0 Å². The van der Waals surface area contributed by atoms with Crippen molar-refractivity contribution in [2.45, 2.75) is 31.8 Å². The summed E-state index contributed by atoms with van der Waals surface area (Å²) in [5.74, 6) is 0. The summed E-state index contributed by atoms with van der Waals surface area (Å²) in [5.41, 5.74) is 1.35. The van der Waals surface area contributed by atoms with Gasteiger partial charge in [0.2, 0.25) is 0 Å². The number of piperidine rings is 1. The van der Waals surface area contributed by atoms with Crippen LogP contribution in [0.25, 0.3) is 0 Å². The Morgan fingerprint density at radius 3 is 2.75 bits per heavy atom. The van der Waals surface area contributed by atoms with Gasteiger partial charge in [0.15, 0.2) is 0 Å². The van der Waals surface area contributed by atoms with E-state index in [0.717, 1.165) is 45.4 Å². The molecule has 88 valence electrons. The molecule has 0 unspecified atom stereocenters. The second-order valence-corrected chi connectivity index (χ2v) is 4.28. The lowest BCUT2D eigenvalue weighted by Gasteiger charge is -2.22. The Bertz CT molecular complexity index is 283. The molecule has 2 heterocycles. The van der Waals surface area contributed by atoms with Crippen LogP contribution < -0.4 is 5.32 Å². The number of rotatable bonds is 5. The second kappa shape index (κ2) is 6.61. The van der Waals surface area contributed by atoms with E-state index < -0.39 is 0 Å². The van der Waals surface area contributed by atoms with Crippen LogP contribution >= 0.6 is 0 Å². The molecule has 0 amide bonds. The van der Waals surface area contributed by atoms with Crippen LogP contribution in [-0.2, 0) is 11.2 Å². The minimum Gasteiger partial charge on any atom is -0.378 e. The third kappa shape index (κ3) is 3.91. The molecule has 0 saturated carbocycles. The van der Waals surface area contributed by atoms with Crippen LogP contribution in [0.15, 0.2) is 24.5 Å². The molecule has 1 aromatic rings. The van der Waals surface area contributed by atoms with E-state index in [1.165, 1.54) is 5.56 Å². The van der Waals surface area contributed by atoms with Crippen molar-refractivity contribution >= 4 is 0 Å². The lowest BCUT2D eigenvalue weighted by atomic mass is 10.1. The Balaban J connectivity index is 1.58. The fourth-order valence-corrected chi connectivity index (χ4v) is 2.04. The summed E-state index contributed by atoms with van der Waals surface area (Å²) in [5, 5.41) is 3.34. The van der Waals surface area contributed by atoms with E-state index in [1.54, 1.807) is 0 Å². The molecule has 16 heavy (non-hydrogen) atoms. The van der Waals surface area contributed by atoms with Crippen molar-refractivity contribution < 1.29 is 4.74 Å². The summed E-state index contributed by atoms with van der Waals surface area (Å²) >= 11 is 0. The molecular formula is C13H20N2O. The van der Waals surface area contributed by atoms with Crippen molar-refractivity contribution in [3.8, 4) is 0 Å². The van der Waals surface area contributed by atoms with E-state index in [2.05, 4.69) is 22.4 Å². The van der Waals surface area contributed by atoms with Crippen LogP contribution in [-0.4, -0.2) is 30.8 Å². The average molecular weight is 220 g/mol. The summed E-state index contributed by atoms with van der Waals surface area (Å²) in [6, 6.07) is 4.15. The van der Waals surface area contributed by atoms with E-state index in [1.807, 2.05) is 12.4 Å². The number of hydrogen-bond acceptors (Lipinski definition) is 3. The molecule has 0 bridgehead atoms. The van der Waals surface area contributed by atoms with Crippen LogP contribution in [0, 0.1) is 0 Å². The predicted molar refractivity (Wildman–Crippen MR) is 64.4 cm³/mol. The van der Waals surface area contributed by atoms with Crippen molar-refractivity contribution in [2.24, 2.45) is 0 Å². The monoisotopic (exact) mass is 220 g/mol. The maximum Gasteiger partial charge on any atom is 0.0599 e. The third-order valence-corrected chi connectivity index (χ3v) is 3.00. The zero-order valence-corrected chi connectivity index (χ0v) is 9.69. The first-order chi connectivity index (χ1) is 7.95. The molecule has 1 aliphatic rings. The van der Waals surface area contributed by atoms with Gasteiger partial charge in [0.25, 0.3) is 0 Å². The SMILES string of the molecule is c1cc(CCCOC2CCNCC2)ccn1. The van der Waals surface area contributed by atoms with E-state index in [9.17, 15) is 0 Å². The summed E-state index contributed by atoms with van der Waals surface area (Å²) in [6.45, 7) is 3.09. The van der Waals surface area contributed by atoms with Crippen LogP contribution in [0.2, 0.25) is 0 Å². The van der Waals surface area contributed by atoms with Gasteiger partial charge in [-0.25, -0.2) is 0 Å². The summed E-state index contributed by atoms with van der Waals surface area (Å²) in [4.78, 5) is 4.01. The molecule has 0 spiro atoms. The van der Waals surface area contributed by atoms with Crippen molar-refractivity contribution in [3.63, 3.8) is 0 Å². The largest absolute Gasteiger partial charge is 0.378 e. The normalized spacial score (nSPS) is 17.5. The Morgan fingerprint density at radius 1 is 1.25 bits per heavy atom. The minimum absolute atomic E-state index is 0.485. The van der Waals surface area contributed by atoms with Crippen LogP contribution in [0.3, 0.4) is 0 Å². The highest BCUT2D eigenvalue weighted by Gasteiger charge is 2.12. The molecule has 1 fully saturated rings. The first kappa shape index (κ1) is 11.6. The summed E-state index contributed by atoms with van der Waals surface area (Å²) in [7, 11) is 0. The maximum absolute atomic E-state index is 5.85. The molecule has 0 aromatic carbocycles. The molecule has 1 aliphatic heterocycles. The maximum atomic E-state index is 5.85. The second-order valence-electron chi connectivity index (χ2n) is 4.28. The first-order valence-corrected chi connectivity index (χ1v) is 6.16. The molecule has 0 atom stereocenters. The Hall–Kier alpha value is -0.930. The first-order valence-electron chi connectivity index (χ1n) is 6.16. The molecule has 3 heteroatoms. The number of aryl methyl sites for hydroxylation is 1. The van der Waals surface area contributed by atoms with Gasteiger partial charge in [-0.3, -0.25) is 4.98 Å². The average Bonchev–Trinajstić information content (AvgIpc) is 2.37. The van der Waals surface area contributed by atoms with Gasteiger partial charge in [-0.2, -0.15) is 0 Å². The number of hydrogen-bond donors (Lipinski definition) is 1. The fourth-order valence-electron chi connectivity index (χ4n) is 2.04. The van der Waals surface area contributed by atoms with Gasteiger partial charge in [-0.05, 0) is 56.5 Å². The highest BCUT2D eigenvalue weighted by atomic mass is 16.5. The van der Waals surface area contributed by atoms with E-state index in [0.29, 0.717) is 6.10 Å². The Kier molecular flexibility index (Phi) is 4.77. The van der Waals surface area contributed by atoms with Gasteiger partial charge in [-0.1, -0.05) is 0 Å². The number of nitrogens with one attached hydrogen (secondary N) is 1. The van der Waals surface area contributed by atoms with Gasteiger partial charge < -0.3 is 10.1 Å². The zero-order valence-electron chi connectivity index (χ0n) is 9.69. The van der Waals surface area contributed by atoms with Gasteiger partial charge in [-0.15, -0.1) is 0 Å². The molecule has 0 radical (unpaired) electrons. The molecule has 1 aromatic heterocycles. The van der Waals surface area contributed by atoms with Crippen molar-refractivity contribution in [3.05, 3.63) is 30.1 Å². The third-order valence-electron chi connectivity index (χ3n) is 3.00. The topological polar surface area (TPSA) is 34.1 Å². The smallest absolute Gasteiger partial charge is 0.0599 e. The highest BCUT2D eigenvalue weighted by molar-refractivity contribution is 5.09. The molecule has 1 N–H and O–H groups in total.